The summed E-state index contributed by atoms with van der Waals surface area (Å²) in [7, 11) is 1.59. The second-order valence-corrected chi connectivity index (χ2v) is 6.38. The number of Topliss-reactive ketones (excluding diaryl/α,β-unsaturated/α-hetero) is 1. The van der Waals surface area contributed by atoms with Crippen LogP contribution >= 0.6 is 11.8 Å². The van der Waals surface area contributed by atoms with Crippen LogP contribution in [0.5, 0.6) is 5.75 Å². The number of ether oxygens (including phenoxy) is 1. The minimum absolute atomic E-state index is 0.00196. The van der Waals surface area contributed by atoms with Gasteiger partial charge in [0.25, 0.3) is 5.22 Å². The molecular weight excluding hydrogens is 324 g/mol. The van der Waals surface area contributed by atoms with Crippen molar-refractivity contribution >= 4 is 17.5 Å². The zero-order chi connectivity index (χ0) is 16.9. The number of carbonyl (C=O) groups excluding carboxylic acids is 1. The Morgan fingerprint density at radius 1 is 1.08 bits per heavy atom. The summed E-state index contributed by atoms with van der Waals surface area (Å²) in [4.78, 5) is 12.5. The number of thioether (sulfide) groups is 1. The van der Waals surface area contributed by atoms with E-state index in [0.717, 1.165) is 11.3 Å². The summed E-state index contributed by atoms with van der Waals surface area (Å²) in [6.45, 7) is 1.82. The summed E-state index contributed by atoms with van der Waals surface area (Å²) < 4.78 is 10.7. The third-order valence-corrected chi connectivity index (χ3v) is 4.38. The Hall–Kier alpha value is -2.60. The van der Waals surface area contributed by atoms with Crippen LogP contribution in [-0.2, 0) is 0 Å². The highest BCUT2D eigenvalue weighted by Gasteiger charge is 2.20. The molecule has 5 nitrogen and oxygen atoms in total. The largest absolute Gasteiger partial charge is 0.497 e. The van der Waals surface area contributed by atoms with Gasteiger partial charge in [-0.05, 0) is 43.3 Å². The van der Waals surface area contributed by atoms with Gasteiger partial charge in [-0.2, -0.15) is 0 Å². The molecule has 24 heavy (non-hydrogen) atoms. The highest BCUT2D eigenvalue weighted by Crippen LogP contribution is 2.28. The van der Waals surface area contributed by atoms with Crippen LogP contribution in [0.1, 0.15) is 17.3 Å². The average molecular weight is 340 g/mol. The normalized spacial score (nSPS) is 11.9. The number of methoxy groups -OCH3 is 1. The second kappa shape index (κ2) is 7.31. The Morgan fingerprint density at radius 2 is 1.79 bits per heavy atom. The fourth-order valence-corrected chi connectivity index (χ4v) is 2.91. The van der Waals surface area contributed by atoms with Crippen molar-refractivity contribution < 1.29 is 13.9 Å². The van der Waals surface area contributed by atoms with Crippen molar-refractivity contribution in [3.8, 4) is 17.2 Å². The van der Waals surface area contributed by atoms with E-state index in [-0.39, 0.29) is 11.0 Å². The topological polar surface area (TPSA) is 65.2 Å². The van der Waals surface area contributed by atoms with Crippen LogP contribution in [0, 0.1) is 0 Å². The predicted octanol–water partition coefficient (Wildman–Crippen LogP) is 4.11. The Labute approximate surface area is 144 Å². The van der Waals surface area contributed by atoms with E-state index in [2.05, 4.69) is 10.2 Å². The van der Waals surface area contributed by atoms with Crippen LogP contribution in [0.25, 0.3) is 11.5 Å². The number of hydrogen-bond acceptors (Lipinski definition) is 6. The SMILES string of the molecule is COc1ccc(C(=O)[C@H](C)Sc2nnc(-c3ccccc3)o2)cc1. The van der Waals surface area contributed by atoms with Crippen molar-refractivity contribution in [2.24, 2.45) is 0 Å². The molecule has 122 valence electrons. The molecule has 0 saturated carbocycles. The average Bonchev–Trinajstić information content (AvgIpc) is 3.10. The summed E-state index contributed by atoms with van der Waals surface area (Å²) in [6.07, 6.45) is 0. The summed E-state index contributed by atoms with van der Waals surface area (Å²) in [5.41, 5.74) is 1.48. The molecule has 0 aliphatic carbocycles. The third-order valence-electron chi connectivity index (χ3n) is 3.45. The van der Waals surface area contributed by atoms with E-state index in [1.54, 1.807) is 31.4 Å². The molecule has 0 fully saturated rings. The van der Waals surface area contributed by atoms with Crippen LogP contribution in [-0.4, -0.2) is 28.3 Å². The van der Waals surface area contributed by atoms with Crippen molar-refractivity contribution in [1.29, 1.82) is 0 Å². The molecule has 2 aromatic carbocycles. The fourth-order valence-electron chi connectivity index (χ4n) is 2.15. The first-order valence-electron chi connectivity index (χ1n) is 7.41. The lowest BCUT2D eigenvalue weighted by molar-refractivity contribution is 0.0993. The molecule has 0 bridgehead atoms. The van der Waals surface area contributed by atoms with Crippen molar-refractivity contribution in [2.45, 2.75) is 17.4 Å². The number of benzene rings is 2. The number of nitrogens with zero attached hydrogens (tertiary/aromatic N) is 2. The van der Waals surface area contributed by atoms with Crippen LogP contribution < -0.4 is 4.74 Å². The third kappa shape index (κ3) is 3.65. The molecule has 0 saturated heterocycles. The molecule has 1 heterocycles. The molecule has 0 amide bonds. The van der Waals surface area contributed by atoms with E-state index in [9.17, 15) is 4.79 Å². The Morgan fingerprint density at radius 3 is 2.46 bits per heavy atom. The van der Waals surface area contributed by atoms with E-state index in [1.165, 1.54) is 11.8 Å². The van der Waals surface area contributed by atoms with Crippen LogP contribution in [0.2, 0.25) is 0 Å². The lowest BCUT2D eigenvalue weighted by Crippen LogP contribution is -2.13. The van der Waals surface area contributed by atoms with E-state index >= 15 is 0 Å². The number of hydrogen-bond donors (Lipinski definition) is 0. The molecule has 6 heteroatoms. The first kappa shape index (κ1) is 16.3. The van der Waals surface area contributed by atoms with Gasteiger partial charge in [0, 0.05) is 11.1 Å². The quantitative estimate of drug-likeness (QED) is 0.497. The standard InChI is InChI=1S/C18H16N2O3S/c1-12(16(21)13-8-10-15(22-2)11-9-13)24-18-20-19-17(23-18)14-6-4-3-5-7-14/h3-12H,1-2H3/t12-/m0/s1. The molecule has 0 aliphatic rings. The summed E-state index contributed by atoms with van der Waals surface area (Å²) in [5, 5.41) is 8.09. The second-order valence-electron chi connectivity index (χ2n) is 5.09. The molecule has 0 N–H and O–H groups in total. The first-order chi connectivity index (χ1) is 11.7. The maximum atomic E-state index is 12.5. The molecule has 0 unspecified atom stereocenters. The van der Waals surface area contributed by atoms with Crippen LogP contribution in [0.3, 0.4) is 0 Å². The minimum atomic E-state index is -0.331. The molecule has 0 aliphatic heterocycles. The molecule has 0 radical (unpaired) electrons. The molecule has 3 rings (SSSR count). The zero-order valence-corrected chi connectivity index (χ0v) is 14.1. The molecule has 3 aromatic rings. The predicted molar refractivity (Wildman–Crippen MR) is 92.4 cm³/mol. The smallest absolute Gasteiger partial charge is 0.277 e. The Balaban J connectivity index is 1.69. The molecule has 1 atom stereocenters. The fraction of sp³-hybridized carbons (Fsp3) is 0.167. The van der Waals surface area contributed by atoms with Crippen molar-refractivity contribution in [3.63, 3.8) is 0 Å². The van der Waals surface area contributed by atoms with Gasteiger partial charge in [0.15, 0.2) is 5.78 Å². The maximum Gasteiger partial charge on any atom is 0.277 e. The Bertz CT molecular complexity index is 816. The van der Waals surface area contributed by atoms with Gasteiger partial charge >= 0.3 is 0 Å². The number of ketones is 1. The monoisotopic (exact) mass is 340 g/mol. The van der Waals surface area contributed by atoms with E-state index in [0.29, 0.717) is 16.7 Å². The Kier molecular flexibility index (Phi) is 4.96. The van der Waals surface area contributed by atoms with Crippen molar-refractivity contribution in [3.05, 3.63) is 60.2 Å². The van der Waals surface area contributed by atoms with Crippen LogP contribution in [0.4, 0.5) is 0 Å². The van der Waals surface area contributed by atoms with Gasteiger partial charge in [-0.1, -0.05) is 30.0 Å². The van der Waals surface area contributed by atoms with Gasteiger partial charge in [0.2, 0.25) is 5.89 Å². The van der Waals surface area contributed by atoms with Gasteiger partial charge in [-0.3, -0.25) is 4.79 Å². The van der Waals surface area contributed by atoms with Crippen molar-refractivity contribution in [2.75, 3.05) is 7.11 Å². The number of aromatic nitrogens is 2. The maximum absolute atomic E-state index is 12.5. The van der Waals surface area contributed by atoms with Gasteiger partial charge in [0.05, 0.1) is 12.4 Å². The highest BCUT2D eigenvalue weighted by molar-refractivity contribution is 8.00. The molecule has 0 spiro atoms. The van der Waals surface area contributed by atoms with Crippen LogP contribution in [0.15, 0.2) is 64.2 Å². The lowest BCUT2D eigenvalue weighted by Gasteiger charge is -2.08. The van der Waals surface area contributed by atoms with Gasteiger partial charge in [-0.25, -0.2) is 0 Å². The summed E-state index contributed by atoms with van der Waals surface area (Å²) in [5.74, 6) is 1.17. The minimum Gasteiger partial charge on any atom is -0.497 e. The van der Waals surface area contributed by atoms with E-state index in [1.807, 2.05) is 37.3 Å². The summed E-state index contributed by atoms with van der Waals surface area (Å²) >= 11 is 1.25. The van der Waals surface area contributed by atoms with E-state index in [4.69, 9.17) is 9.15 Å². The lowest BCUT2D eigenvalue weighted by atomic mass is 10.1. The summed E-state index contributed by atoms with van der Waals surface area (Å²) in [6, 6.07) is 16.6. The van der Waals surface area contributed by atoms with Gasteiger partial charge in [0.1, 0.15) is 5.75 Å². The highest BCUT2D eigenvalue weighted by atomic mass is 32.2. The van der Waals surface area contributed by atoms with Gasteiger partial charge in [-0.15, -0.1) is 10.2 Å². The van der Waals surface area contributed by atoms with Gasteiger partial charge < -0.3 is 9.15 Å². The number of rotatable bonds is 6. The molecular formula is C18H16N2O3S. The number of carbonyl (C=O) groups is 1. The zero-order valence-electron chi connectivity index (χ0n) is 13.3. The molecule has 1 aromatic heterocycles. The first-order valence-corrected chi connectivity index (χ1v) is 8.29. The van der Waals surface area contributed by atoms with Crippen molar-refractivity contribution in [1.82, 2.24) is 10.2 Å². The van der Waals surface area contributed by atoms with E-state index < -0.39 is 0 Å².